The Morgan fingerprint density at radius 2 is 2.16 bits per heavy atom. The summed E-state index contributed by atoms with van der Waals surface area (Å²) >= 11 is 9.08. The van der Waals surface area contributed by atoms with Gasteiger partial charge in [-0.3, -0.25) is 10.1 Å². The van der Waals surface area contributed by atoms with Crippen LogP contribution in [0.25, 0.3) is 0 Å². The number of nitro groups is 1. The van der Waals surface area contributed by atoms with Crippen LogP contribution in [-0.4, -0.2) is 33.7 Å². The molecule has 2 atom stereocenters. The molecule has 1 rings (SSSR count). The highest BCUT2D eigenvalue weighted by Gasteiger charge is 2.25. The number of alkyl halides is 1. The lowest BCUT2D eigenvalue weighted by atomic mass is 10.0. The Kier molecular flexibility index (Phi) is 5.99. The van der Waals surface area contributed by atoms with E-state index in [1.54, 1.807) is 0 Å². The summed E-state index contributed by atoms with van der Waals surface area (Å²) in [5.74, 6) is 0.000862. The number of benzene rings is 1. The molecule has 0 spiro atoms. The van der Waals surface area contributed by atoms with Crippen LogP contribution in [0.15, 0.2) is 12.1 Å². The van der Waals surface area contributed by atoms with Crippen molar-refractivity contribution in [2.45, 2.75) is 18.6 Å². The first-order valence-electron chi connectivity index (χ1n) is 5.36. The van der Waals surface area contributed by atoms with Gasteiger partial charge in [0.15, 0.2) is 5.75 Å². The van der Waals surface area contributed by atoms with Crippen molar-refractivity contribution in [3.63, 3.8) is 0 Å². The molecule has 19 heavy (non-hydrogen) atoms. The van der Waals surface area contributed by atoms with Crippen molar-refractivity contribution < 1.29 is 19.9 Å². The van der Waals surface area contributed by atoms with Crippen molar-refractivity contribution in [3.8, 4) is 5.75 Å². The maximum absolute atomic E-state index is 10.9. The molecule has 2 N–H and O–H groups in total. The van der Waals surface area contributed by atoms with E-state index in [4.69, 9.17) is 16.3 Å². The van der Waals surface area contributed by atoms with E-state index in [0.29, 0.717) is 5.33 Å². The number of aliphatic hydroxyl groups is 2. The minimum absolute atomic E-state index is 0.000862. The van der Waals surface area contributed by atoms with Gasteiger partial charge >= 0.3 is 5.69 Å². The van der Waals surface area contributed by atoms with Gasteiger partial charge in [-0.25, -0.2) is 0 Å². The van der Waals surface area contributed by atoms with Crippen LogP contribution >= 0.6 is 27.5 Å². The molecule has 0 aliphatic heterocycles. The number of ether oxygens (including phenoxy) is 1. The van der Waals surface area contributed by atoms with Crippen LogP contribution in [0.3, 0.4) is 0 Å². The molecule has 0 bridgehead atoms. The van der Waals surface area contributed by atoms with E-state index < -0.39 is 17.1 Å². The highest BCUT2D eigenvalue weighted by molar-refractivity contribution is 9.09. The molecular weight excluding hydrogens is 341 g/mol. The number of hydrogen-bond acceptors (Lipinski definition) is 5. The summed E-state index contributed by atoms with van der Waals surface area (Å²) in [5.41, 5.74) is -0.213. The summed E-state index contributed by atoms with van der Waals surface area (Å²) in [4.78, 5) is 10.3. The first kappa shape index (κ1) is 16.2. The first-order chi connectivity index (χ1) is 8.92. The number of aliphatic hydroxyl groups excluding tert-OH is 2. The Bertz CT molecular complexity index is 471. The van der Waals surface area contributed by atoms with Crippen LogP contribution in [0.4, 0.5) is 5.69 Å². The Morgan fingerprint density at radius 1 is 1.53 bits per heavy atom. The van der Waals surface area contributed by atoms with E-state index in [1.165, 1.54) is 13.2 Å². The number of nitrogens with zero attached hydrogens (tertiary/aromatic N) is 1. The van der Waals surface area contributed by atoms with Crippen molar-refractivity contribution >= 4 is 33.2 Å². The van der Waals surface area contributed by atoms with Crippen molar-refractivity contribution in [2.24, 2.45) is 0 Å². The predicted octanol–water partition coefficient (Wildman–Crippen LogP) is 2.44. The van der Waals surface area contributed by atoms with Gasteiger partial charge < -0.3 is 14.9 Å². The average Bonchev–Trinajstić information content (AvgIpc) is 2.37. The maximum Gasteiger partial charge on any atom is 0.311 e. The van der Waals surface area contributed by atoms with Crippen LogP contribution in [0.5, 0.6) is 5.75 Å². The molecule has 0 aliphatic carbocycles. The van der Waals surface area contributed by atoms with Crippen molar-refractivity contribution in [2.75, 3.05) is 12.4 Å². The summed E-state index contributed by atoms with van der Waals surface area (Å²) in [6.07, 6.45) is -2.07. The lowest BCUT2D eigenvalue weighted by Gasteiger charge is -2.18. The predicted molar refractivity (Wildman–Crippen MR) is 74.0 cm³/mol. The lowest BCUT2D eigenvalue weighted by molar-refractivity contribution is -0.385. The number of rotatable bonds is 6. The molecule has 6 nitrogen and oxygen atoms in total. The molecule has 2 unspecified atom stereocenters. The van der Waals surface area contributed by atoms with E-state index in [2.05, 4.69) is 15.9 Å². The zero-order valence-electron chi connectivity index (χ0n) is 10.0. The van der Waals surface area contributed by atoms with Crippen LogP contribution in [-0.2, 0) is 0 Å². The molecule has 0 saturated carbocycles. The molecule has 0 aromatic heterocycles. The second-order valence-corrected chi connectivity index (χ2v) is 4.99. The monoisotopic (exact) mass is 353 g/mol. The number of nitro benzene ring substituents is 1. The fraction of sp³-hybridized carbons (Fsp3) is 0.455. The number of halogens is 2. The average molecular weight is 355 g/mol. The quantitative estimate of drug-likeness (QED) is 0.465. The molecule has 1 aromatic rings. The topological polar surface area (TPSA) is 92.8 Å². The molecule has 0 fully saturated rings. The molecule has 1 aromatic carbocycles. The van der Waals surface area contributed by atoms with E-state index in [-0.39, 0.29) is 28.4 Å². The summed E-state index contributed by atoms with van der Waals surface area (Å²) in [5, 5.41) is 31.1. The smallest absolute Gasteiger partial charge is 0.311 e. The van der Waals surface area contributed by atoms with Gasteiger partial charge in [-0.15, -0.1) is 0 Å². The third-order valence-electron chi connectivity index (χ3n) is 2.58. The zero-order chi connectivity index (χ0) is 14.6. The largest absolute Gasteiger partial charge is 0.490 e. The molecule has 0 saturated heterocycles. The van der Waals surface area contributed by atoms with Gasteiger partial charge in [-0.1, -0.05) is 27.5 Å². The summed E-state index contributed by atoms with van der Waals surface area (Å²) in [6.45, 7) is 0. The third-order valence-corrected chi connectivity index (χ3v) is 3.37. The van der Waals surface area contributed by atoms with Gasteiger partial charge in [0.1, 0.15) is 6.10 Å². The van der Waals surface area contributed by atoms with Crippen LogP contribution < -0.4 is 4.74 Å². The second kappa shape index (κ2) is 7.04. The van der Waals surface area contributed by atoms with Gasteiger partial charge in [0.05, 0.1) is 23.2 Å². The molecule has 0 aliphatic rings. The normalized spacial score (nSPS) is 13.9. The van der Waals surface area contributed by atoms with E-state index in [1.807, 2.05) is 0 Å². The number of hydrogen-bond donors (Lipinski definition) is 2. The first-order valence-corrected chi connectivity index (χ1v) is 6.86. The summed E-state index contributed by atoms with van der Waals surface area (Å²) in [7, 11) is 1.29. The van der Waals surface area contributed by atoms with E-state index in [0.717, 1.165) is 6.07 Å². The Balaban J connectivity index is 3.21. The fourth-order valence-electron chi connectivity index (χ4n) is 1.57. The van der Waals surface area contributed by atoms with Crippen LogP contribution in [0, 0.1) is 10.1 Å². The van der Waals surface area contributed by atoms with Crippen molar-refractivity contribution in [1.82, 2.24) is 0 Å². The number of methoxy groups -OCH3 is 1. The van der Waals surface area contributed by atoms with Crippen molar-refractivity contribution in [1.29, 1.82) is 0 Å². The van der Waals surface area contributed by atoms with E-state index >= 15 is 0 Å². The zero-order valence-corrected chi connectivity index (χ0v) is 12.4. The maximum atomic E-state index is 10.9. The Morgan fingerprint density at radius 3 is 2.63 bits per heavy atom. The standard InChI is InChI=1S/C11H13BrClNO5/c1-19-10-5-7(13)6(4-8(10)14(17)18)11(16)9(15)2-3-12/h4-5,9,11,15-16H,2-3H2,1H3. The van der Waals surface area contributed by atoms with Gasteiger partial charge in [0, 0.05) is 23.0 Å². The van der Waals surface area contributed by atoms with Gasteiger partial charge in [-0.05, 0) is 6.42 Å². The Hall–Kier alpha value is -0.890. The van der Waals surface area contributed by atoms with Gasteiger partial charge in [-0.2, -0.15) is 0 Å². The molecule has 0 heterocycles. The minimum Gasteiger partial charge on any atom is -0.490 e. The van der Waals surface area contributed by atoms with Gasteiger partial charge in [0.2, 0.25) is 0 Å². The molecule has 0 amide bonds. The molecule has 0 radical (unpaired) electrons. The minimum atomic E-state index is -1.30. The fourth-order valence-corrected chi connectivity index (χ4v) is 2.30. The lowest BCUT2D eigenvalue weighted by Crippen LogP contribution is -2.19. The molecule has 106 valence electrons. The third kappa shape index (κ3) is 3.79. The summed E-state index contributed by atoms with van der Waals surface area (Å²) in [6, 6.07) is 2.36. The highest BCUT2D eigenvalue weighted by atomic mass is 79.9. The SMILES string of the molecule is COc1cc(Cl)c(C(O)C(O)CCBr)cc1[N+](=O)[O-]. The molecule has 8 heteroatoms. The van der Waals surface area contributed by atoms with Crippen LogP contribution in [0.2, 0.25) is 5.02 Å². The second-order valence-electron chi connectivity index (χ2n) is 3.79. The van der Waals surface area contributed by atoms with Crippen molar-refractivity contribution in [3.05, 3.63) is 32.8 Å². The van der Waals surface area contributed by atoms with E-state index in [9.17, 15) is 20.3 Å². The van der Waals surface area contributed by atoms with Crippen LogP contribution in [0.1, 0.15) is 18.1 Å². The highest BCUT2D eigenvalue weighted by Crippen LogP contribution is 2.36. The molecular formula is C11H13BrClNO5. The van der Waals surface area contributed by atoms with Gasteiger partial charge in [0.25, 0.3) is 0 Å². The summed E-state index contributed by atoms with van der Waals surface area (Å²) < 4.78 is 4.85. The Labute approximate surface area is 123 Å².